The summed E-state index contributed by atoms with van der Waals surface area (Å²) < 4.78 is 39.5. The smallest absolute Gasteiger partial charge is 0.314 e. The molecule has 2 fully saturated rings. The quantitative estimate of drug-likeness (QED) is 0.644. The van der Waals surface area contributed by atoms with Crippen LogP contribution >= 0.6 is 15.9 Å². The van der Waals surface area contributed by atoms with E-state index in [0.29, 0.717) is 15.7 Å². The molecule has 2 saturated heterocycles. The van der Waals surface area contributed by atoms with E-state index in [-0.39, 0.29) is 24.1 Å². The summed E-state index contributed by atoms with van der Waals surface area (Å²) in [6, 6.07) is 11.0. The molecule has 0 bridgehead atoms. The van der Waals surface area contributed by atoms with E-state index in [1.165, 1.54) is 11.0 Å². The van der Waals surface area contributed by atoms with Crippen molar-refractivity contribution in [3.8, 4) is 0 Å². The maximum atomic E-state index is 14.3. The zero-order valence-corrected chi connectivity index (χ0v) is 17.7. The molecule has 5 nitrogen and oxygen atoms in total. The number of benzene rings is 2. The van der Waals surface area contributed by atoms with Gasteiger partial charge in [0.15, 0.2) is 9.84 Å². The average molecular weight is 467 g/mol. The highest BCUT2D eigenvalue weighted by molar-refractivity contribution is 9.10. The zero-order valence-electron chi connectivity index (χ0n) is 15.3. The molecule has 2 aliphatic rings. The van der Waals surface area contributed by atoms with Crippen molar-refractivity contribution in [1.82, 2.24) is 4.90 Å². The van der Waals surface area contributed by atoms with E-state index in [1.807, 2.05) is 31.2 Å². The minimum absolute atomic E-state index is 0.0399. The van der Waals surface area contributed by atoms with E-state index in [2.05, 4.69) is 15.9 Å². The molecule has 0 spiro atoms. The van der Waals surface area contributed by atoms with Crippen molar-refractivity contribution in [2.75, 3.05) is 16.4 Å². The standard InChI is InChI=1S/C20H20BrFN2O3S/c1-2-13-3-7-16(8-4-13)24-19-12-28(26,27)11-18(19)23(20(24)25)10-14-5-6-15(21)9-17(14)22/h3-9,18-19H,2,10-12H2,1H3/t18-,19-/m1/s1. The number of urea groups is 1. The van der Waals surface area contributed by atoms with Gasteiger partial charge in [-0.1, -0.05) is 41.1 Å². The van der Waals surface area contributed by atoms with Crippen LogP contribution in [0.2, 0.25) is 0 Å². The highest BCUT2D eigenvalue weighted by Gasteiger charge is 2.53. The van der Waals surface area contributed by atoms with Crippen molar-refractivity contribution < 1.29 is 17.6 Å². The predicted octanol–water partition coefficient (Wildman–Crippen LogP) is 3.76. The van der Waals surface area contributed by atoms with E-state index < -0.39 is 27.7 Å². The van der Waals surface area contributed by atoms with Gasteiger partial charge in [-0.15, -0.1) is 0 Å². The van der Waals surface area contributed by atoms with Gasteiger partial charge in [-0.3, -0.25) is 4.90 Å². The van der Waals surface area contributed by atoms with Crippen molar-refractivity contribution in [3.63, 3.8) is 0 Å². The van der Waals surface area contributed by atoms with E-state index in [4.69, 9.17) is 0 Å². The van der Waals surface area contributed by atoms with Gasteiger partial charge in [0.2, 0.25) is 0 Å². The van der Waals surface area contributed by atoms with Crippen molar-refractivity contribution in [1.29, 1.82) is 0 Å². The fourth-order valence-corrected chi connectivity index (χ4v) is 6.27. The van der Waals surface area contributed by atoms with Crippen LogP contribution in [0.25, 0.3) is 0 Å². The molecule has 0 aromatic heterocycles. The Morgan fingerprint density at radius 2 is 1.79 bits per heavy atom. The van der Waals surface area contributed by atoms with Crippen LogP contribution in [0, 0.1) is 5.82 Å². The molecule has 2 heterocycles. The number of halogens is 2. The fourth-order valence-electron chi connectivity index (χ4n) is 3.99. The Hall–Kier alpha value is -1.93. The second-order valence-corrected chi connectivity index (χ2v) is 10.3. The van der Waals surface area contributed by atoms with Crippen LogP contribution in [0.4, 0.5) is 14.9 Å². The fraction of sp³-hybridized carbons (Fsp3) is 0.350. The molecule has 0 radical (unpaired) electrons. The lowest BCUT2D eigenvalue weighted by molar-refractivity contribution is 0.205. The third kappa shape index (κ3) is 3.43. The summed E-state index contributed by atoms with van der Waals surface area (Å²) in [4.78, 5) is 16.2. The summed E-state index contributed by atoms with van der Waals surface area (Å²) >= 11 is 3.22. The molecular formula is C20H20BrFN2O3S. The lowest BCUT2D eigenvalue weighted by Crippen LogP contribution is -2.37. The van der Waals surface area contributed by atoms with Gasteiger partial charge in [-0.2, -0.15) is 0 Å². The first-order chi connectivity index (χ1) is 13.3. The van der Waals surface area contributed by atoms with Crippen LogP contribution < -0.4 is 4.90 Å². The van der Waals surface area contributed by atoms with Crippen LogP contribution in [0.5, 0.6) is 0 Å². The minimum Gasteiger partial charge on any atom is -0.314 e. The van der Waals surface area contributed by atoms with Gasteiger partial charge in [0.1, 0.15) is 5.82 Å². The third-order valence-corrected chi connectivity index (χ3v) is 7.65. The Morgan fingerprint density at radius 1 is 1.11 bits per heavy atom. The van der Waals surface area contributed by atoms with E-state index in [0.717, 1.165) is 12.0 Å². The number of anilines is 1. The number of hydrogen-bond acceptors (Lipinski definition) is 3. The number of aryl methyl sites for hydroxylation is 1. The summed E-state index contributed by atoms with van der Waals surface area (Å²) in [6.07, 6.45) is 0.879. The lowest BCUT2D eigenvalue weighted by atomic mass is 10.1. The molecule has 28 heavy (non-hydrogen) atoms. The van der Waals surface area contributed by atoms with Crippen LogP contribution in [0.3, 0.4) is 0 Å². The number of fused-ring (bicyclic) bond motifs is 1. The van der Waals surface area contributed by atoms with E-state index in [9.17, 15) is 17.6 Å². The van der Waals surface area contributed by atoms with Gasteiger partial charge in [0.25, 0.3) is 0 Å². The van der Waals surface area contributed by atoms with E-state index >= 15 is 0 Å². The lowest BCUT2D eigenvalue weighted by Gasteiger charge is -2.23. The summed E-state index contributed by atoms with van der Waals surface area (Å²) in [5, 5.41) is 0. The highest BCUT2D eigenvalue weighted by Crippen LogP contribution is 2.36. The molecule has 148 valence electrons. The molecule has 0 aliphatic carbocycles. The molecule has 0 saturated carbocycles. The molecule has 2 atom stereocenters. The first-order valence-corrected chi connectivity index (χ1v) is 11.7. The second kappa shape index (κ2) is 7.15. The summed E-state index contributed by atoms with van der Waals surface area (Å²) in [6.45, 7) is 2.09. The number of amides is 2. The molecule has 2 aromatic carbocycles. The Morgan fingerprint density at radius 3 is 2.43 bits per heavy atom. The molecule has 2 aliphatic heterocycles. The zero-order chi connectivity index (χ0) is 20.1. The molecule has 0 N–H and O–H groups in total. The Bertz CT molecular complexity index is 1030. The van der Waals surface area contributed by atoms with Gasteiger partial charge < -0.3 is 4.90 Å². The molecular weight excluding hydrogens is 447 g/mol. The van der Waals surface area contributed by atoms with Crippen LogP contribution in [-0.2, 0) is 22.8 Å². The third-order valence-electron chi connectivity index (χ3n) is 5.46. The van der Waals surface area contributed by atoms with Crippen molar-refractivity contribution in [2.45, 2.75) is 32.0 Å². The van der Waals surface area contributed by atoms with Gasteiger partial charge >= 0.3 is 6.03 Å². The number of rotatable bonds is 4. The molecule has 2 amide bonds. The minimum atomic E-state index is -3.26. The first-order valence-electron chi connectivity index (χ1n) is 9.12. The number of nitrogens with zero attached hydrogens (tertiary/aromatic N) is 2. The van der Waals surface area contributed by atoms with E-state index in [1.54, 1.807) is 17.0 Å². The van der Waals surface area contributed by atoms with Crippen molar-refractivity contribution in [2.24, 2.45) is 0 Å². The van der Waals surface area contributed by atoms with Crippen molar-refractivity contribution >= 4 is 37.5 Å². The monoisotopic (exact) mass is 466 g/mol. The van der Waals surface area contributed by atoms with Crippen LogP contribution in [-0.4, -0.2) is 42.9 Å². The van der Waals surface area contributed by atoms with Gasteiger partial charge in [0, 0.05) is 15.7 Å². The molecule has 8 heteroatoms. The SMILES string of the molecule is CCc1ccc(N2C(=O)N(Cc3ccc(Br)cc3F)[C@@H]3CS(=O)(=O)C[C@H]32)cc1. The summed E-state index contributed by atoms with van der Waals surface area (Å²) in [7, 11) is -3.26. The summed E-state index contributed by atoms with van der Waals surface area (Å²) in [5.41, 5.74) is 2.18. The normalized spacial score (nSPS) is 23.3. The maximum Gasteiger partial charge on any atom is 0.325 e. The maximum absolute atomic E-state index is 14.3. The Balaban J connectivity index is 1.69. The highest BCUT2D eigenvalue weighted by atomic mass is 79.9. The number of carbonyl (C=O) groups excluding carboxylic acids is 1. The average Bonchev–Trinajstić information content (AvgIpc) is 3.07. The van der Waals surface area contributed by atoms with Crippen molar-refractivity contribution in [3.05, 3.63) is 63.9 Å². The Kier molecular flexibility index (Phi) is 4.95. The second-order valence-electron chi connectivity index (χ2n) is 7.25. The number of hydrogen-bond donors (Lipinski definition) is 0. The van der Waals surface area contributed by atoms with Crippen LogP contribution in [0.15, 0.2) is 46.9 Å². The molecule has 2 aromatic rings. The largest absolute Gasteiger partial charge is 0.325 e. The Labute approximate surface area is 172 Å². The van der Waals surface area contributed by atoms with Gasteiger partial charge in [-0.25, -0.2) is 17.6 Å². The van der Waals surface area contributed by atoms with Gasteiger partial charge in [0.05, 0.1) is 30.1 Å². The number of sulfone groups is 1. The topological polar surface area (TPSA) is 57.7 Å². The predicted molar refractivity (Wildman–Crippen MR) is 110 cm³/mol. The molecule has 0 unspecified atom stereocenters. The number of carbonyl (C=O) groups is 1. The first kappa shape index (κ1) is 19.4. The van der Waals surface area contributed by atoms with Gasteiger partial charge in [-0.05, 0) is 36.2 Å². The molecule has 4 rings (SSSR count). The van der Waals surface area contributed by atoms with Crippen LogP contribution in [0.1, 0.15) is 18.1 Å². The summed E-state index contributed by atoms with van der Waals surface area (Å²) in [5.74, 6) is -0.589.